The molecule has 0 radical (unpaired) electrons. The molecule has 1 N–H and O–H groups in total. The number of hydrogen-bond donors (Lipinski definition) is 1. The number of anilines is 1. The number of para-hydroxylation sites is 2. The van der Waals surface area contributed by atoms with Crippen LogP contribution < -0.4 is 10.1 Å². The van der Waals surface area contributed by atoms with Crippen molar-refractivity contribution in [1.82, 2.24) is 0 Å². The molecule has 1 aromatic rings. The summed E-state index contributed by atoms with van der Waals surface area (Å²) in [5.74, 6) is 0.948. The van der Waals surface area contributed by atoms with Crippen LogP contribution in [0.4, 0.5) is 5.69 Å². The van der Waals surface area contributed by atoms with Crippen molar-refractivity contribution >= 4 is 11.5 Å². The summed E-state index contributed by atoms with van der Waals surface area (Å²) >= 11 is 0. The van der Waals surface area contributed by atoms with Crippen molar-refractivity contribution < 1.29 is 9.53 Å². The maximum Gasteiger partial charge on any atom is 0.180 e. The van der Waals surface area contributed by atoms with E-state index in [1.54, 1.807) is 6.08 Å². The number of ether oxygens (including phenoxy) is 1. The van der Waals surface area contributed by atoms with E-state index in [1.165, 1.54) is 0 Å². The van der Waals surface area contributed by atoms with Gasteiger partial charge >= 0.3 is 0 Å². The number of carbonyl (C=O) groups excluding carboxylic acids is 1. The van der Waals surface area contributed by atoms with Crippen LogP contribution in [0.3, 0.4) is 0 Å². The van der Waals surface area contributed by atoms with Gasteiger partial charge in [0, 0.05) is 0 Å². The molecule has 82 valence electrons. The highest BCUT2D eigenvalue weighted by atomic mass is 16.5. The highest BCUT2D eigenvalue weighted by Crippen LogP contribution is 2.35. The fourth-order valence-electron chi connectivity index (χ4n) is 2.23. The third kappa shape index (κ3) is 1.48. The van der Waals surface area contributed by atoms with Gasteiger partial charge in [-0.3, -0.25) is 4.79 Å². The van der Waals surface area contributed by atoms with E-state index in [0.717, 1.165) is 24.3 Å². The Kier molecular flexibility index (Phi) is 2.17. The van der Waals surface area contributed by atoms with E-state index >= 15 is 0 Å². The Labute approximate surface area is 94.1 Å². The van der Waals surface area contributed by atoms with Crippen molar-refractivity contribution in [3.05, 3.63) is 36.4 Å². The fourth-order valence-corrected chi connectivity index (χ4v) is 2.23. The second kappa shape index (κ2) is 3.67. The molecule has 2 aliphatic rings. The summed E-state index contributed by atoms with van der Waals surface area (Å²) in [7, 11) is 0. The second-order valence-electron chi connectivity index (χ2n) is 4.17. The highest BCUT2D eigenvalue weighted by molar-refractivity contribution is 5.93. The first-order chi connectivity index (χ1) is 7.84. The van der Waals surface area contributed by atoms with Gasteiger partial charge in [-0.15, -0.1) is 0 Å². The first kappa shape index (κ1) is 9.46. The van der Waals surface area contributed by atoms with Crippen molar-refractivity contribution in [2.75, 3.05) is 5.32 Å². The van der Waals surface area contributed by atoms with Gasteiger partial charge in [-0.1, -0.05) is 18.2 Å². The lowest BCUT2D eigenvalue weighted by Crippen LogP contribution is -2.36. The number of carbonyl (C=O) groups is 1. The third-order valence-corrected chi connectivity index (χ3v) is 3.10. The Hall–Kier alpha value is -1.77. The molecule has 0 saturated carbocycles. The molecule has 0 bridgehead atoms. The van der Waals surface area contributed by atoms with Gasteiger partial charge in [-0.25, -0.2) is 0 Å². The number of fused-ring (bicyclic) bond motifs is 1. The average Bonchev–Trinajstić information content (AvgIpc) is 2.73. The van der Waals surface area contributed by atoms with Crippen molar-refractivity contribution in [2.24, 2.45) is 5.92 Å². The zero-order valence-electron chi connectivity index (χ0n) is 8.85. The first-order valence-corrected chi connectivity index (χ1v) is 5.57. The first-order valence-electron chi connectivity index (χ1n) is 5.57. The summed E-state index contributed by atoms with van der Waals surface area (Å²) in [6, 6.07) is 7.79. The summed E-state index contributed by atoms with van der Waals surface area (Å²) in [6.07, 6.45) is 5.22. The van der Waals surface area contributed by atoms with Crippen molar-refractivity contribution in [3.63, 3.8) is 0 Å². The van der Waals surface area contributed by atoms with Crippen molar-refractivity contribution in [2.45, 2.75) is 19.1 Å². The lowest BCUT2D eigenvalue weighted by atomic mass is 9.91. The van der Waals surface area contributed by atoms with Crippen LogP contribution in [0.2, 0.25) is 0 Å². The number of hydrogen-bond acceptors (Lipinski definition) is 3. The summed E-state index contributed by atoms with van der Waals surface area (Å²) in [6.45, 7) is 0. The maximum atomic E-state index is 11.7. The predicted molar refractivity (Wildman–Crippen MR) is 61.4 cm³/mol. The molecule has 0 amide bonds. The number of rotatable bonds is 1. The average molecular weight is 215 g/mol. The normalized spacial score (nSPS) is 27.1. The van der Waals surface area contributed by atoms with Gasteiger partial charge < -0.3 is 10.1 Å². The minimum absolute atomic E-state index is 0.0580. The number of nitrogens with one attached hydrogen (secondary N) is 1. The summed E-state index contributed by atoms with van der Waals surface area (Å²) in [4.78, 5) is 11.7. The molecule has 1 aliphatic carbocycles. The molecule has 0 fully saturated rings. The van der Waals surface area contributed by atoms with Crippen LogP contribution in [0.1, 0.15) is 12.8 Å². The van der Waals surface area contributed by atoms with Crippen LogP contribution in [-0.2, 0) is 4.79 Å². The van der Waals surface area contributed by atoms with E-state index in [0.29, 0.717) is 0 Å². The van der Waals surface area contributed by atoms with Crippen LogP contribution in [-0.4, -0.2) is 12.0 Å². The standard InChI is InChI=1S/C13H13NO2/c15-11-7-3-1-5-9(11)13-14-10-6-2-4-8-12(10)16-13/h2-4,6-9,13-14H,1,5H2. The Balaban J connectivity index is 1.81. The van der Waals surface area contributed by atoms with Gasteiger partial charge in [0.25, 0.3) is 0 Å². The molecule has 1 aliphatic heterocycles. The van der Waals surface area contributed by atoms with Gasteiger partial charge in [0.1, 0.15) is 5.75 Å². The summed E-state index contributed by atoms with van der Waals surface area (Å²) < 4.78 is 5.75. The van der Waals surface area contributed by atoms with Gasteiger partial charge in [0.15, 0.2) is 12.0 Å². The van der Waals surface area contributed by atoms with Gasteiger partial charge in [0.05, 0.1) is 11.6 Å². The molecule has 3 rings (SSSR count). The molecule has 16 heavy (non-hydrogen) atoms. The largest absolute Gasteiger partial charge is 0.468 e. The lowest BCUT2D eigenvalue weighted by Gasteiger charge is -2.22. The molecule has 3 heteroatoms. The predicted octanol–water partition coefficient (Wildman–Crippen LogP) is 2.35. The van der Waals surface area contributed by atoms with Crippen LogP contribution in [0.15, 0.2) is 36.4 Å². The Morgan fingerprint density at radius 2 is 2.19 bits per heavy atom. The fraction of sp³-hybridized carbons (Fsp3) is 0.308. The molecule has 0 aromatic heterocycles. The van der Waals surface area contributed by atoms with Crippen LogP contribution in [0.5, 0.6) is 5.75 Å². The van der Waals surface area contributed by atoms with Crippen molar-refractivity contribution in [3.8, 4) is 5.75 Å². The molecule has 3 nitrogen and oxygen atoms in total. The molecule has 0 spiro atoms. The molecule has 0 saturated heterocycles. The van der Waals surface area contributed by atoms with Crippen LogP contribution >= 0.6 is 0 Å². The van der Waals surface area contributed by atoms with Crippen LogP contribution in [0, 0.1) is 5.92 Å². The van der Waals surface area contributed by atoms with Gasteiger partial charge in [-0.2, -0.15) is 0 Å². The van der Waals surface area contributed by atoms with E-state index in [1.807, 2.05) is 30.3 Å². The molecular formula is C13H13NO2. The van der Waals surface area contributed by atoms with E-state index in [-0.39, 0.29) is 17.9 Å². The van der Waals surface area contributed by atoms with E-state index in [4.69, 9.17) is 4.74 Å². The number of benzene rings is 1. The smallest absolute Gasteiger partial charge is 0.180 e. The van der Waals surface area contributed by atoms with E-state index < -0.39 is 0 Å². The maximum absolute atomic E-state index is 11.7. The number of allylic oxidation sites excluding steroid dienone is 2. The van der Waals surface area contributed by atoms with E-state index in [2.05, 4.69) is 5.32 Å². The molecular weight excluding hydrogens is 202 g/mol. The Morgan fingerprint density at radius 1 is 1.31 bits per heavy atom. The lowest BCUT2D eigenvalue weighted by molar-refractivity contribution is -0.120. The molecule has 1 heterocycles. The molecule has 1 aromatic carbocycles. The SMILES string of the molecule is O=C1C=CCCC1C1Nc2ccccc2O1. The van der Waals surface area contributed by atoms with Gasteiger partial charge in [0.2, 0.25) is 0 Å². The molecule has 2 atom stereocenters. The third-order valence-electron chi connectivity index (χ3n) is 3.10. The second-order valence-corrected chi connectivity index (χ2v) is 4.17. The Morgan fingerprint density at radius 3 is 3.00 bits per heavy atom. The summed E-state index contributed by atoms with van der Waals surface area (Å²) in [5.41, 5.74) is 0.981. The van der Waals surface area contributed by atoms with E-state index in [9.17, 15) is 4.79 Å². The Bertz CT molecular complexity index is 428. The highest BCUT2D eigenvalue weighted by Gasteiger charge is 2.33. The summed E-state index contributed by atoms with van der Waals surface area (Å²) in [5, 5.41) is 3.26. The topological polar surface area (TPSA) is 38.3 Å². The van der Waals surface area contributed by atoms with Crippen LogP contribution in [0.25, 0.3) is 0 Å². The minimum atomic E-state index is -0.199. The molecule has 2 unspecified atom stereocenters. The zero-order chi connectivity index (χ0) is 11.0. The monoisotopic (exact) mass is 215 g/mol. The van der Waals surface area contributed by atoms with Gasteiger partial charge in [-0.05, 0) is 31.1 Å². The zero-order valence-corrected chi connectivity index (χ0v) is 8.85. The number of ketones is 1. The van der Waals surface area contributed by atoms with Crippen molar-refractivity contribution in [1.29, 1.82) is 0 Å². The quantitative estimate of drug-likeness (QED) is 0.781. The minimum Gasteiger partial charge on any atom is -0.468 e.